The molecule has 3 rings (SSSR count). The Morgan fingerprint density at radius 2 is 1.83 bits per heavy atom. The molecule has 2 aromatic carbocycles. The Bertz CT molecular complexity index is 758. The lowest BCUT2D eigenvalue weighted by Crippen LogP contribution is -2.38. The van der Waals surface area contributed by atoms with Crippen molar-refractivity contribution in [3.05, 3.63) is 53.1 Å². The fourth-order valence-electron chi connectivity index (χ4n) is 2.97. The molecule has 5 heteroatoms. The summed E-state index contributed by atoms with van der Waals surface area (Å²) in [5, 5.41) is 2.93. The monoisotopic (exact) mass is 326 g/mol. The molecule has 1 heterocycles. The molecule has 126 valence electrons. The Balaban J connectivity index is 1.71. The molecule has 24 heavy (non-hydrogen) atoms. The number of ether oxygens (including phenoxy) is 2. The van der Waals surface area contributed by atoms with Gasteiger partial charge in [-0.15, -0.1) is 0 Å². The van der Waals surface area contributed by atoms with Gasteiger partial charge < -0.3 is 19.7 Å². The van der Waals surface area contributed by atoms with Crippen molar-refractivity contribution < 1.29 is 14.3 Å². The Morgan fingerprint density at radius 3 is 2.58 bits per heavy atom. The number of benzene rings is 2. The minimum atomic E-state index is -0.103. The van der Waals surface area contributed by atoms with E-state index in [9.17, 15) is 4.79 Å². The van der Waals surface area contributed by atoms with Crippen LogP contribution in [0.2, 0.25) is 0 Å². The number of nitrogens with one attached hydrogen (secondary N) is 1. The van der Waals surface area contributed by atoms with Crippen LogP contribution in [0, 0.1) is 6.92 Å². The van der Waals surface area contributed by atoms with E-state index in [0.29, 0.717) is 23.7 Å². The highest BCUT2D eigenvalue weighted by molar-refractivity contribution is 5.90. The summed E-state index contributed by atoms with van der Waals surface area (Å²) < 4.78 is 10.5. The van der Waals surface area contributed by atoms with Crippen LogP contribution in [0.1, 0.15) is 16.7 Å². The number of hydrogen-bond donors (Lipinski definition) is 1. The molecule has 1 aliphatic heterocycles. The van der Waals surface area contributed by atoms with Gasteiger partial charge in [0.25, 0.3) is 0 Å². The third-order valence-electron chi connectivity index (χ3n) is 4.30. The number of urea groups is 1. The van der Waals surface area contributed by atoms with Crippen LogP contribution in [0.3, 0.4) is 0 Å². The second-order valence-corrected chi connectivity index (χ2v) is 5.94. The Morgan fingerprint density at radius 1 is 1.04 bits per heavy atom. The van der Waals surface area contributed by atoms with Gasteiger partial charge in [-0.1, -0.05) is 23.8 Å². The smallest absolute Gasteiger partial charge is 0.322 e. The van der Waals surface area contributed by atoms with Crippen LogP contribution in [0.15, 0.2) is 36.4 Å². The average molecular weight is 326 g/mol. The van der Waals surface area contributed by atoms with E-state index in [1.807, 2.05) is 4.90 Å². The van der Waals surface area contributed by atoms with Crippen molar-refractivity contribution in [2.45, 2.75) is 19.9 Å². The molecule has 1 aliphatic rings. The molecular weight excluding hydrogens is 304 g/mol. The Labute approximate surface area is 142 Å². The highest BCUT2D eigenvalue weighted by Gasteiger charge is 2.21. The molecular formula is C19H22N2O3. The topological polar surface area (TPSA) is 50.8 Å². The van der Waals surface area contributed by atoms with E-state index in [-0.39, 0.29) is 6.03 Å². The maximum atomic E-state index is 12.5. The summed E-state index contributed by atoms with van der Waals surface area (Å²) in [6.45, 7) is 3.45. The van der Waals surface area contributed by atoms with Crippen LogP contribution in [0.5, 0.6) is 11.5 Å². The first kappa shape index (κ1) is 16.2. The normalized spacial score (nSPS) is 13.2. The maximum Gasteiger partial charge on any atom is 0.322 e. The van der Waals surface area contributed by atoms with Crippen molar-refractivity contribution in [1.82, 2.24) is 4.90 Å². The number of anilines is 1. The van der Waals surface area contributed by atoms with Gasteiger partial charge in [-0.3, -0.25) is 0 Å². The van der Waals surface area contributed by atoms with Gasteiger partial charge in [0.1, 0.15) is 0 Å². The Hall–Kier alpha value is -2.69. The van der Waals surface area contributed by atoms with Crippen LogP contribution in [-0.4, -0.2) is 31.7 Å². The molecule has 0 unspecified atom stereocenters. The fourth-order valence-corrected chi connectivity index (χ4v) is 2.97. The second kappa shape index (κ2) is 6.83. The molecule has 0 radical (unpaired) electrons. The van der Waals surface area contributed by atoms with Crippen LogP contribution in [0.25, 0.3) is 0 Å². The van der Waals surface area contributed by atoms with Gasteiger partial charge in [-0.05, 0) is 36.6 Å². The molecule has 0 fully saturated rings. The van der Waals surface area contributed by atoms with E-state index >= 15 is 0 Å². The lowest BCUT2D eigenvalue weighted by atomic mass is 9.98. The highest BCUT2D eigenvalue weighted by Crippen LogP contribution is 2.30. The molecule has 2 aromatic rings. The summed E-state index contributed by atoms with van der Waals surface area (Å²) in [7, 11) is 3.16. The van der Waals surface area contributed by atoms with E-state index in [1.165, 1.54) is 16.7 Å². The molecule has 0 saturated carbocycles. The second-order valence-electron chi connectivity index (χ2n) is 5.94. The first-order chi connectivity index (χ1) is 11.6. The van der Waals surface area contributed by atoms with Crippen molar-refractivity contribution in [2.24, 2.45) is 0 Å². The zero-order chi connectivity index (χ0) is 17.1. The standard InChI is InChI=1S/C19H22N2O3/c1-13-4-5-15-12-21(9-8-14(15)10-13)19(22)20-16-6-7-17(23-2)18(11-16)24-3/h4-7,10-11H,8-9,12H2,1-3H3,(H,20,22). The zero-order valence-corrected chi connectivity index (χ0v) is 14.3. The molecule has 0 atom stereocenters. The highest BCUT2D eigenvalue weighted by atomic mass is 16.5. The molecule has 5 nitrogen and oxygen atoms in total. The average Bonchev–Trinajstić information content (AvgIpc) is 2.61. The number of nitrogens with zero attached hydrogens (tertiary/aromatic N) is 1. The summed E-state index contributed by atoms with van der Waals surface area (Å²) in [6.07, 6.45) is 0.885. The third-order valence-corrected chi connectivity index (χ3v) is 4.30. The number of aryl methyl sites for hydroxylation is 1. The molecule has 0 aromatic heterocycles. The summed E-state index contributed by atoms with van der Waals surface area (Å²) >= 11 is 0. The van der Waals surface area contributed by atoms with Crippen molar-refractivity contribution in [1.29, 1.82) is 0 Å². The van der Waals surface area contributed by atoms with Gasteiger partial charge in [0.2, 0.25) is 0 Å². The summed E-state index contributed by atoms with van der Waals surface area (Å²) in [5.41, 5.74) is 4.50. The van der Waals surface area contributed by atoms with Gasteiger partial charge in [0, 0.05) is 24.8 Å². The summed E-state index contributed by atoms with van der Waals surface area (Å²) in [4.78, 5) is 14.4. The lowest BCUT2D eigenvalue weighted by molar-refractivity contribution is 0.206. The van der Waals surface area contributed by atoms with Crippen molar-refractivity contribution in [3.8, 4) is 11.5 Å². The predicted octanol–water partition coefficient (Wildman–Crippen LogP) is 3.60. The first-order valence-corrected chi connectivity index (χ1v) is 7.97. The first-order valence-electron chi connectivity index (χ1n) is 7.97. The molecule has 0 aliphatic carbocycles. The number of hydrogen-bond acceptors (Lipinski definition) is 3. The molecule has 2 amide bonds. The molecule has 1 N–H and O–H groups in total. The third kappa shape index (κ3) is 3.30. The number of fused-ring (bicyclic) bond motifs is 1. The number of amides is 2. The Kier molecular flexibility index (Phi) is 4.60. The van der Waals surface area contributed by atoms with Crippen LogP contribution in [-0.2, 0) is 13.0 Å². The maximum absolute atomic E-state index is 12.5. The van der Waals surface area contributed by atoms with Crippen molar-refractivity contribution >= 4 is 11.7 Å². The molecule has 0 saturated heterocycles. The summed E-state index contributed by atoms with van der Waals surface area (Å²) in [5.74, 6) is 1.23. The van der Waals surface area contributed by atoms with Gasteiger partial charge in [0.15, 0.2) is 11.5 Å². The number of methoxy groups -OCH3 is 2. The van der Waals surface area contributed by atoms with Gasteiger partial charge in [-0.2, -0.15) is 0 Å². The van der Waals surface area contributed by atoms with Gasteiger partial charge in [0.05, 0.1) is 14.2 Å². The fraction of sp³-hybridized carbons (Fsp3) is 0.316. The summed E-state index contributed by atoms with van der Waals surface area (Å²) in [6, 6.07) is 11.7. The number of carbonyl (C=O) groups is 1. The van der Waals surface area contributed by atoms with Gasteiger partial charge >= 0.3 is 6.03 Å². The van der Waals surface area contributed by atoms with Crippen LogP contribution < -0.4 is 14.8 Å². The van der Waals surface area contributed by atoms with Gasteiger partial charge in [-0.25, -0.2) is 4.79 Å². The number of rotatable bonds is 3. The quantitative estimate of drug-likeness (QED) is 0.937. The zero-order valence-electron chi connectivity index (χ0n) is 14.3. The van der Waals surface area contributed by atoms with E-state index < -0.39 is 0 Å². The van der Waals surface area contributed by atoms with E-state index in [0.717, 1.165) is 13.0 Å². The van der Waals surface area contributed by atoms with E-state index in [4.69, 9.17) is 9.47 Å². The molecule has 0 bridgehead atoms. The minimum absolute atomic E-state index is 0.103. The van der Waals surface area contributed by atoms with Crippen LogP contribution in [0.4, 0.5) is 10.5 Å². The predicted molar refractivity (Wildman–Crippen MR) is 93.9 cm³/mol. The minimum Gasteiger partial charge on any atom is -0.493 e. The number of carbonyl (C=O) groups excluding carboxylic acids is 1. The molecule has 0 spiro atoms. The largest absolute Gasteiger partial charge is 0.493 e. The van der Waals surface area contributed by atoms with E-state index in [2.05, 4.69) is 30.4 Å². The van der Waals surface area contributed by atoms with E-state index in [1.54, 1.807) is 32.4 Å². The SMILES string of the molecule is COc1ccc(NC(=O)N2CCc3cc(C)ccc3C2)cc1OC. The van der Waals surface area contributed by atoms with Crippen molar-refractivity contribution in [3.63, 3.8) is 0 Å². The van der Waals surface area contributed by atoms with Crippen molar-refractivity contribution in [2.75, 3.05) is 26.1 Å². The van der Waals surface area contributed by atoms with Crippen LogP contribution >= 0.6 is 0 Å². The lowest BCUT2D eigenvalue weighted by Gasteiger charge is -2.29.